The van der Waals surface area contributed by atoms with Gasteiger partial charge in [-0.05, 0) is 29.8 Å². The number of carboxylic acid groups (broad SMARTS) is 1. The fourth-order valence-corrected chi connectivity index (χ4v) is 2.67. The molecule has 7 heteroatoms. The van der Waals surface area contributed by atoms with Crippen LogP contribution in [-0.2, 0) is 6.54 Å². The monoisotopic (exact) mass is 331 g/mol. The highest BCUT2D eigenvalue weighted by Gasteiger charge is 2.17. The van der Waals surface area contributed by atoms with Crippen LogP contribution in [0.1, 0.15) is 15.9 Å². The van der Waals surface area contributed by atoms with E-state index in [1.165, 1.54) is 6.20 Å². The molecule has 25 heavy (non-hydrogen) atoms. The minimum atomic E-state index is -1.02. The third-order valence-corrected chi connectivity index (χ3v) is 3.85. The quantitative estimate of drug-likeness (QED) is 0.618. The average molecular weight is 331 g/mol. The van der Waals surface area contributed by atoms with E-state index in [0.29, 0.717) is 23.3 Å². The molecule has 4 heterocycles. The molecule has 4 aromatic heterocycles. The van der Waals surface area contributed by atoms with Gasteiger partial charge < -0.3 is 5.11 Å². The molecule has 7 nitrogen and oxygen atoms in total. The maximum Gasteiger partial charge on any atom is 0.336 e. The van der Waals surface area contributed by atoms with Gasteiger partial charge in [0.15, 0.2) is 5.65 Å². The van der Waals surface area contributed by atoms with Crippen molar-refractivity contribution in [2.24, 2.45) is 0 Å². The number of pyridine rings is 3. The van der Waals surface area contributed by atoms with Crippen molar-refractivity contribution in [3.8, 4) is 11.3 Å². The van der Waals surface area contributed by atoms with Crippen LogP contribution >= 0.6 is 0 Å². The predicted molar refractivity (Wildman–Crippen MR) is 91.1 cm³/mol. The van der Waals surface area contributed by atoms with Crippen molar-refractivity contribution in [3.05, 3.63) is 72.4 Å². The van der Waals surface area contributed by atoms with E-state index in [4.69, 9.17) is 0 Å². The van der Waals surface area contributed by atoms with Crippen molar-refractivity contribution >= 4 is 17.0 Å². The van der Waals surface area contributed by atoms with Crippen molar-refractivity contribution in [2.75, 3.05) is 0 Å². The van der Waals surface area contributed by atoms with E-state index in [0.717, 1.165) is 11.1 Å². The first-order valence-electron chi connectivity index (χ1n) is 7.61. The normalized spacial score (nSPS) is 10.9. The van der Waals surface area contributed by atoms with Gasteiger partial charge in [0, 0.05) is 30.4 Å². The Hall–Kier alpha value is -3.61. The molecule has 0 aliphatic heterocycles. The third-order valence-electron chi connectivity index (χ3n) is 3.85. The molecule has 0 saturated heterocycles. The molecule has 0 saturated carbocycles. The van der Waals surface area contributed by atoms with Crippen molar-refractivity contribution < 1.29 is 9.90 Å². The molecule has 0 unspecified atom stereocenters. The summed E-state index contributed by atoms with van der Waals surface area (Å²) in [5, 5.41) is 14.4. The minimum absolute atomic E-state index is 0.168. The molecule has 4 rings (SSSR count). The molecule has 0 atom stereocenters. The zero-order chi connectivity index (χ0) is 17.2. The van der Waals surface area contributed by atoms with E-state index in [1.54, 1.807) is 41.6 Å². The molecule has 0 amide bonds. The second kappa shape index (κ2) is 6.12. The first-order chi connectivity index (χ1) is 12.2. The molecule has 0 fully saturated rings. The Morgan fingerprint density at radius 1 is 1.08 bits per heavy atom. The Labute approximate surface area is 142 Å². The van der Waals surface area contributed by atoms with Gasteiger partial charge in [-0.25, -0.2) is 14.5 Å². The largest absolute Gasteiger partial charge is 0.478 e. The highest BCUT2D eigenvalue weighted by molar-refractivity contribution is 6.02. The number of fused-ring (bicyclic) bond motifs is 1. The SMILES string of the molecule is O=C(O)c1cc(-c2cccnc2)nc2c1cnn2Cc1cccnc1. The van der Waals surface area contributed by atoms with Crippen LogP contribution in [-0.4, -0.2) is 35.8 Å². The van der Waals surface area contributed by atoms with Gasteiger partial charge in [0.25, 0.3) is 0 Å². The topological polar surface area (TPSA) is 93.8 Å². The van der Waals surface area contributed by atoms with Gasteiger partial charge in [0.05, 0.1) is 29.4 Å². The number of carbonyl (C=O) groups is 1. The molecular formula is C18H13N5O2. The molecule has 0 aliphatic rings. The molecule has 0 spiro atoms. The highest BCUT2D eigenvalue weighted by atomic mass is 16.4. The van der Waals surface area contributed by atoms with Crippen LogP contribution in [0.2, 0.25) is 0 Å². The van der Waals surface area contributed by atoms with Crippen molar-refractivity contribution in [3.63, 3.8) is 0 Å². The molecule has 1 N–H and O–H groups in total. The van der Waals surface area contributed by atoms with E-state index in [-0.39, 0.29) is 5.56 Å². The first kappa shape index (κ1) is 14.9. The first-order valence-corrected chi connectivity index (χ1v) is 7.61. The number of nitrogens with zero attached hydrogens (tertiary/aromatic N) is 5. The summed E-state index contributed by atoms with van der Waals surface area (Å²) in [4.78, 5) is 24.5. The lowest BCUT2D eigenvalue weighted by atomic mass is 10.1. The number of hydrogen-bond acceptors (Lipinski definition) is 5. The molecule has 0 aliphatic carbocycles. The Morgan fingerprint density at radius 2 is 1.88 bits per heavy atom. The summed E-state index contributed by atoms with van der Waals surface area (Å²) in [5.41, 5.74) is 2.94. The van der Waals surface area contributed by atoms with E-state index < -0.39 is 5.97 Å². The van der Waals surface area contributed by atoms with Gasteiger partial charge in [-0.3, -0.25) is 9.97 Å². The predicted octanol–water partition coefficient (Wildman–Crippen LogP) is 2.63. The van der Waals surface area contributed by atoms with E-state index >= 15 is 0 Å². The van der Waals surface area contributed by atoms with Gasteiger partial charge in [-0.15, -0.1) is 0 Å². The summed E-state index contributed by atoms with van der Waals surface area (Å²) in [6.45, 7) is 0.458. The zero-order valence-corrected chi connectivity index (χ0v) is 13.1. The Bertz CT molecular complexity index is 1050. The standard InChI is InChI=1S/C18H13N5O2/c24-18(25)14-7-16(13-4-2-6-20-9-13)22-17-15(14)10-21-23(17)11-12-3-1-5-19-8-12/h1-10H,11H2,(H,24,25). The second-order valence-corrected chi connectivity index (χ2v) is 5.50. The van der Waals surface area contributed by atoms with E-state index in [9.17, 15) is 9.90 Å². The Kier molecular flexibility index (Phi) is 3.66. The van der Waals surface area contributed by atoms with E-state index in [1.807, 2.05) is 18.2 Å². The zero-order valence-electron chi connectivity index (χ0n) is 13.1. The Balaban J connectivity index is 1.89. The fourth-order valence-electron chi connectivity index (χ4n) is 2.67. The number of aromatic nitrogens is 5. The number of aromatic carboxylic acids is 1. The van der Waals surface area contributed by atoms with Gasteiger partial charge in [0.2, 0.25) is 0 Å². The van der Waals surface area contributed by atoms with Crippen molar-refractivity contribution in [1.29, 1.82) is 0 Å². The van der Waals surface area contributed by atoms with Crippen molar-refractivity contribution in [2.45, 2.75) is 6.54 Å². The minimum Gasteiger partial charge on any atom is -0.478 e. The van der Waals surface area contributed by atoms with Crippen LogP contribution in [0, 0.1) is 0 Å². The molecule has 0 radical (unpaired) electrons. The average Bonchev–Trinajstić information content (AvgIpc) is 3.05. The molecule has 0 bridgehead atoms. The fraction of sp³-hybridized carbons (Fsp3) is 0.0556. The highest BCUT2D eigenvalue weighted by Crippen LogP contribution is 2.24. The number of rotatable bonds is 4. The summed E-state index contributed by atoms with van der Waals surface area (Å²) in [7, 11) is 0. The lowest BCUT2D eigenvalue weighted by molar-refractivity contribution is 0.0699. The lowest BCUT2D eigenvalue weighted by Crippen LogP contribution is -2.05. The van der Waals surface area contributed by atoms with Crippen molar-refractivity contribution in [1.82, 2.24) is 24.7 Å². The summed E-state index contributed by atoms with van der Waals surface area (Å²) < 4.78 is 1.68. The van der Waals surface area contributed by atoms with Gasteiger partial charge in [0.1, 0.15) is 0 Å². The molecule has 0 aromatic carbocycles. The van der Waals surface area contributed by atoms with Gasteiger partial charge in [-0.1, -0.05) is 6.07 Å². The van der Waals surface area contributed by atoms with Crippen LogP contribution in [0.5, 0.6) is 0 Å². The van der Waals surface area contributed by atoms with Gasteiger partial charge in [-0.2, -0.15) is 5.10 Å². The Morgan fingerprint density at radius 3 is 2.56 bits per heavy atom. The summed E-state index contributed by atoms with van der Waals surface area (Å²) >= 11 is 0. The van der Waals surface area contributed by atoms with Crippen LogP contribution in [0.15, 0.2) is 61.3 Å². The van der Waals surface area contributed by atoms with Crippen LogP contribution < -0.4 is 0 Å². The molecule has 122 valence electrons. The summed E-state index contributed by atoms with van der Waals surface area (Å²) in [6, 6.07) is 8.96. The van der Waals surface area contributed by atoms with Crippen LogP contribution in [0.3, 0.4) is 0 Å². The van der Waals surface area contributed by atoms with Crippen LogP contribution in [0.4, 0.5) is 0 Å². The maximum absolute atomic E-state index is 11.7. The number of hydrogen-bond donors (Lipinski definition) is 1. The maximum atomic E-state index is 11.7. The number of carboxylic acids is 1. The molecular weight excluding hydrogens is 318 g/mol. The molecule has 4 aromatic rings. The third kappa shape index (κ3) is 2.83. The second-order valence-electron chi connectivity index (χ2n) is 5.50. The van der Waals surface area contributed by atoms with E-state index in [2.05, 4.69) is 20.1 Å². The van der Waals surface area contributed by atoms with Gasteiger partial charge >= 0.3 is 5.97 Å². The van der Waals surface area contributed by atoms with Crippen LogP contribution in [0.25, 0.3) is 22.3 Å². The summed E-state index contributed by atoms with van der Waals surface area (Å²) in [5.74, 6) is -1.02. The smallest absolute Gasteiger partial charge is 0.336 e. The summed E-state index contributed by atoms with van der Waals surface area (Å²) in [6.07, 6.45) is 8.30. The lowest BCUT2D eigenvalue weighted by Gasteiger charge is -2.07.